The first-order valence-corrected chi connectivity index (χ1v) is 6.52. The van der Waals surface area contributed by atoms with Crippen LogP contribution < -0.4 is 0 Å². The minimum absolute atomic E-state index is 0.0165. The largest absolute Gasteiger partial charge is 0.122 e. The molecule has 0 saturated carbocycles. The van der Waals surface area contributed by atoms with E-state index in [2.05, 4.69) is 78.5 Å². The Morgan fingerprint density at radius 1 is 0.882 bits per heavy atom. The molecule has 0 nitrogen and oxygen atoms in total. The van der Waals surface area contributed by atoms with E-state index in [1.165, 1.54) is 22.3 Å². The van der Waals surface area contributed by atoms with Gasteiger partial charge < -0.3 is 0 Å². The van der Waals surface area contributed by atoms with E-state index >= 15 is 0 Å². The lowest BCUT2D eigenvalue weighted by atomic mass is 9.87. The summed E-state index contributed by atoms with van der Waals surface area (Å²) in [7, 11) is 3.00. The molecule has 0 aliphatic rings. The topological polar surface area (TPSA) is 0 Å². The zero-order valence-electron chi connectivity index (χ0n) is 10.7. The zero-order chi connectivity index (χ0) is 12.5. The first-order chi connectivity index (χ1) is 8.03. The predicted octanol–water partition coefficient (Wildman–Crippen LogP) is 4.44. The summed E-state index contributed by atoms with van der Waals surface area (Å²) in [5.74, 6) is 0. The van der Waals surface area contributed by atoms with Crippen LogP contribution in [0.25, 0.3) is 0 Å². The summed E-state index contributed by atoms with van der Waals surface area (Å²) in [6.45, 7) is 6.63. The van der Waals surface area contributed by atoms with E-state index in [1.54, 1.807) is 0 Å². The van der Waals surface area contributed by atoms with Crippen LogP contribution in [0.15, 0.2) is 48.5 Å². The van der Waals surface area contributed by atoms with E-state index in [9.17, 15) is 0 Å². The van der Waals surface area contributed by atoms with Gasteiger partial charge in [-0.2, -0.15) is 0 Å². The summed E-state index contributed by atoms with van der Waals surface area (Å²) >= 11 is 0. The number of benzene rings is 2. The van der Waals surface area contributed by atoms with Crippen molar-refractivity contribution < 1.29 is 0 Å². The van der Waals surface area contributed by atoms with Crippen LogP contribution in [0.2, 0.25) is 0 Å². The standard InChI is InChI=1S/C16H19P/c1-12-8-7-11-15(13(12)2)16(3,17)14-9-5-4-6-10-14/h4-11H,17H2,1-3H3. The van der Waals surface area contributed by atoms with E-state index in [0.29, 0.717) is 0 Å². The summed E-state index contributed by atoms with van der Waals surface area (Å²) in [5.41, 5.74) is 5.45. The summed E-state index contributed by atoms with van der Waals surface area (Å²) in [4.78, 5) is 0. The van der Waals surface area contributed by atoms with Crippen molar-refractivity contribution in [3.63, 3.8) is 0 Å². The van der Waals surface area contributed by atoms with Gasteiger partial charge in [0.1, 0.15) is 0 Å². The molecule has 1 heteroatoms. The first kappa shape index (κ1) is 12.3. The molecule has 2 unspecified atom stereocenters. The molecule has 0 amide bonds. The fraction of sp³-hybridized carbons (Fsp3) is 0.250. The highest BCUT2D eigenvalue weighted by atomic mass is 31.0. The van der Waals surface area contributed by atoms with Gasteiger partial charge in [-0.05, 0) is 43.0 Å². The fourth-order valence-electron chi connectivity index (χ4n) is 2.25. The molecular weight excluding hydrogens is 223 g/mol. The molecule has 2 atom stereocenters. The van der Waals surface area contributed by atoms with Crippen LogP contribution in [-0.4, -0.2) is 0 Å². The van der Waals surface area contributed by atoms with Crippen molar-refractivity contribution in [1.29, 1.82) is 0 Å². The van der Waals surface area contributed by atoms with Gasteiger partial charge >= 0.3 is 0 Å². The molecule has 0 bridgehead atoms. The van der Waals surface area contributed by atoms with Crippen LogP contribution >= 0.6 is 9.24 Å². The second-order valence-electron chi connectivity index (χ2n) is 4.82. The molecule has 0 aliphatic carbocycles. The Bertz CT molecular complexity index is 512. The van der Waals surface area contributed by atoms with E-state index in [0.717, 1.165) is 0 Å². The highest BCUT2D eigenvalue weighted by Gasteiger charge is 2.24. The van der Waals surface area contributed by atoms with Gasteiger partial charge in [0.2, 0.25) is 0 Å². The highest BCUT2D eigenvalue weighted by molar-refractivity contribution is 7.18. The molecule has 0 aliphatic heterocycles. The van der Waals surface area contributed by atoms with Crippen molar-refractivity contribution in [3.8, 4) is 0 Å². The molecule has 0 spiro atoms. The smallest absolute Gasteiger partial charge is 0.0319 e. The van der Waals surface area contributed by atoms with Gasteiger partial charge in [0.15, 0.2) is 0 Å². The van der Waals surface area contributed by atoms with E-state index in [1.807, 2.05) is 0 Å². The number of hydrogen-bond donors (Lipinski definition) is 0. The molecule has 2 aromatic rings. The maximum absolute atomic E-state index is 3.00. The minimum atomic E-state index is -0.0165. The van der Waals surface area contributed by atoms with E-state index in [4.69, 9.17) is 0 Å². The third-order valence-corrected chi connectivity index (χ3v) is 4.18. The highest BCUT2D eigenvalue weighted by Crippen LogP contribution is 2.40. The maximum atomic E-state index is 3.00. The second-order valence-corrected chi connectivity index (χ2v) is 5.97. The monoisotopic (exact) mass is 242 g/mol. The van der Waals surface area contributed by atoms with Gasteiger partial charge in [-0.3, -0.25) is 0 Å². The van der Waals surface area contributed by atoms with Crippen LogP contribution in [0.5, 0.6) is 0 Å². The fourth-order valence-corrected chi connectivity index (χ4v) is 2.76. The van der Waals surface area contributed by atoms with Gasteiger partial charge in [-0.15, -0.1) is 9.24 Å². The number of hydrogen-bond acceptors (Lipinski definition) is 0. The third kappa shape index (κ3) is 2.28. The van der Waals surface area contributed by atoms with Crippen molar-refractivity contribution in [2.75, 3.05) is 0 Å². The Kier molecular flexibility index (Phi) is 3.35. The predicted molar refractivity (Wildman–Crippen MR) is 78.5 cm³/mol. The van der Waals surface area contributed by atoms with E-state index < -0.39 is 0 Å². The average Bonchev–Trinajstić information content (AvgIpc) is 2.33. The average molecular weight is 242 g/mol. The molecule has 0 N–H and O–H groups in total. The van der Waals surface area contributed by atoms with Gasteiger partial charge in [-0.25, -0.2) is 0 Å². The molecule has 0 saturated heterocycles. The van der Waals surface area contributed by atoms with Crippen molar-refractivity contribution in [1.82, 2.24) is 0 Å². The molecule has 17 heavy (non-hydrogen) atoms. The van der Waals surface area contributed by atoms with Gasteiger partial charge in [0, 0.05) is 5.16 Å². The Morgan fingerprint density at radius 2 is 1.53 bits per heavy atom. The van der Waals surface area contributed by atoms with Crippen LogP contribution in [0, 0.1) is 13.8 Å². The quantitative estimate of drug-likeness (QED) is 0.683. The zero-order valence-corrected chi connectivity index (χ0v) is 11.9. The first-order valence-electron chi connectivity index (χ1n) is 5.94. The lowest BCUT2D eigenvalue weighted by molar-refractivity contribution is 0.828. The van der Waals surface area contributed by atoms with Crippen LogP contribution in [0.3, 0.4) is 0 Å². The molecule has 0 heterocycles. The number of rotatable bonds is 2. The summed E-state index contributed by atoms with van der Waals surface area (Å²) in [5, 5.41) is -0.0165. The van der Waals surface area contributed by atoms with Gasteiger partial charge in [0.05, 0.1) is 0 Å². The maximum Gasteiger partial charge on any atom is 0.0319 e. The third-order valence-electron chi connectivity index (χ3n) is 3.54. The minimum Gasteiger partial charge on any atom is -0.122 e. The van der Waals surface area contributed by atoms with Crippen molar-refractivity contribution in [3.05, 3.63) is 70.8 Å². The lowest BCUT2D eigenvalue weighted by Crippen LogP contribution is -2.16. The van der Waals surface area contributed by atoms with Crippen molar-refractivity contribution >= 4 is 9.24 Å². The summed E-state index contributed by atoms with van der Waals surface area (Å²) < 4.78 is 0. The van der Waals surface area contributed by atoms with E-state index in [-0.39, 0.29) is 5.16 Å². The lowest BCUT2D eigenvalue weighted by Gasteiger charge is -2.28. The molecule has 2 aromatic carbocycles. The molecule has 2 rings (SSSR count). The Hall–Kier alpha value is -1.13. The molecule has 0 aromatic heterocycles. The molecule has 88 valence electrons. The normalized spacial score (nSPS) is 14.4. The second kappa shape index (κ2) is 4.63. The van der Waals surface area contributed by atoms with Crippen LogP contribution in [0.4, 0.5) is 0 Å². The Balaban J connectivity index is 2.56. The van der Waals surface area contributed by atoms with Crippen molar-refractivity contribution in [2.45, 2.75) is 25.9 Å². The Labute approximate surface area is 106 Å². The van der Waals surface area contributed by atoms with Crippen LogP contribution in [-0.2, 0) is 5.16 Å². The van der Waals surface area contributed by atoms with Crippen molar-refractivity contribution in [2.24, 2.45) is 0 Å². The molecular formula is C16H19P. The summed E-state index contributed by atoms with van der Waals surface area (Å²) in [6.07, 6.45) is 0. The molecule has 0 fully saturated rings. The SMILES string of the molecule is Cc1cccc(C(C)(P)c2ccccc2)c1C. The molecule has 0 radical (unpaired) electrons. The Morgan fingerprint density at radius 3 is 2.18 bits per heavy atom. The van der Waals surface area contributed by atoms with Gasteiger partial charge in [0.25, 0.3) is 0 Å². The number of aryl methyl sites for hydroxylation is 1. The summed E-state index contributed by atoms with van der Waals surface area (Å²) in [6, 6.07) is 17.2. The van der Waals surface area contributed by atoms with Gasteiger partial charge in [-0.1, -0.05) is 48.5 Å². The van der Waals surface area contributed by atoms with Crippen LogP contribution in [0.1, 0.15) is 29.2 Å².